The smallest absolute Gasteiger partial charge is 0.310 e. The number of likely N-dealkylation sites (tertiary alicyclic amines) is 1. The highest BCUT2D eigenvalue weighted by Crippen LogP contribution is 2.32. The molecule has 0 amide bonds. The fourth-order valence-corrected chi connectivity index (χ4v) is 2.32. The maximum atomic E-state index is 11.7. The molecular formula is C12H16N2O2. The maximum Gasteiger partial charge on any atom is 0.310 e. The Morgan fingerprint density at radius 3 is 3.00 bits per heavy atom. The van der Waals surface area contributed by atoms with Gasteiger partial charge in [0.25, 0.3) is 0 Å². The molecule has 0 N–H and O–H groups in total. The fourth-order valence-electron chi connectivity index (χ4n) is 2.32. The lowest BCUT2D eigenvalue weighted by molar-refractivity contribution is -0.145. The second kappa shape index (κ2) is 4.61. The van der Waals surface area contributed by atoms with Gasteiger partial charge in [0.15, 0.2) is 0 Å². The van der Waals surface area contributed by atoms with E-state index in [1.165, 1.54) is 7.11 Å². The summed E-state index contributed by atoms with van der Waals surface area (Å²) in [6, 6.07) is 3.93. The molecule has 86 valence electrons. The topological polar surface area (TPSA) is 42.4 Å². The van der Waals surface area contributed by atoms with Crippen LogP contribution < -0.4 is 0 Å². The Morgan fingerprint density at radius 1 is 1.56 bits per heavy atom. The summed E-state index contributed by atoms with van der Waals surface area (Å²) >= 11 is 0. The van der Waals surface area contributed by atoms with Crippen molar-refractivity contribution in [1.29, 1.82) is 0 Å². The van der Waals surface area contributed by atoms with E-state index in [9.17, 15) is 4.79 Å². The third kappa shape index (κ3) is 2.07. The zero-order valence-corrected chi connectivity index (χ0v) is 9.59. The SMILES string of the molecule is COC(=O)C1CN(C)CC1c1cccnc1. The molecule has 0 radical (unpaired) electrons. The van der Waals surface area contributed by atoms with Gasteiger partial charge in [-0.05, 0) is 18.7 Å². The van der Waals surface area contributed by atoms with E-state index in [0.717, 1.165) is 18.7 Å². The first kappa shape index (κ1) is 11.1. The van der Waals surface area contributed by atoms with E-state index in [1.807, 2.05) is 25.4 Å². The molecule has 0 spiro atoms. The molecule has 1 aromatic heterocycles. The number of nitrogens with zero attached hydrogens (tertiary/aromatic N) is 2. The molecule has 0 aromatic carbocycles. The second-order valence-electron chi connectivity index (χ2n) is 4.24. The lowest BCUT2D eigenvalue weighted by atomic mass is 9.90. The largest absolute Gasteiger partial charge is 0.469 e. The first-order chi connectivity index (χ1) is 7.72. The summed E-state index contributed by atoms with van der Waals surface area (Å²) in [5.74, 6) is 0.00329. The molecule has 1 aromatic rings. The van der Waals surface area contributed by atoms with Crippen molar-refractivity contribution >= 4 is 5.97 Å². The van der Waals surface area contributed by atoms with Crippen LogP contribution in [0.2, 0.25) is 0 Å². The standard InChI is InChI=1S/C12H16N2O2/c1-14-7-10(9-4-3-5-13-6-9)11(8-14)12(15)16-2/h3-6,10-11H,7-8H2,1-2H3. The van der Waals surface area contributed by atoms with E-state index in [2.05, 4.69) is 9.88 Å². The minimum Gasteiger partial charge on any atom is -0.469 e. The van der Waals surface area contributed by atoms with Crippen molar-refractivity contribution in [3.63, 3.8) is 0 Å². The Balaban J connectivity index is 2.22. The summed E-state index contributed by atoms with van der Waals surface area (Å²) in [5.41, 5.74) is 1.11. The molecule has 1 fully saturated rings. The molecule has 0 saturated carbocycles. The molecule has 1 aliphatic heterocycles. The predicted octanol–water partition coefficient (Wildman–Crippen LogP) is 0.900. The number of rotatable bonds is 2. The Hall–Kier alpha value is -1.42. The van der Waals surface area contributed by atoms with Crippen molar-refractivity contribution in [2.75, 3.05) is 27.2 Å². The minimum atomic E-state index is -0.127. The van der Waals surface area contributed by atoms with Gasteiger partial charge >= 0.3 is 5.97 Å². The third-order valence-corrected chi connectivity index (χ3v) is 3.12. The lowest BCUT2D eigenvalue weighted by Crippen LogP contribution is -2.23. The van der Waals surface area contributed by atoms with Crippen molar-refractivity contribution in [2.24, 2.45) is 5.92 Å². The highest BCUT2D eigenvalue weighted by atomic mass is 16.5. The molecule has 2 atom stereocenters. The van der Waals surface area contributed by atoms with Crippen LogP contribution >= 0.6 is 0 Å². The Bertz CT molecular complexity index is 367. The fraction of sp³-hybridized carbons (Fsp3) is 0.500. The van der Waals surface area contributed by atoms with Gasteiger partial charge in [0, 0.05) is 31.4 Å². The summed E-state index contributed by atoms with van der Waals surface area (Å²) in [6.45, 7) is 1.64. The Morgan fingerprint density at radius 2 is 2.38 bits per heavy atom. The van der Waals surface area contributed by atoms with Gasteiger partial charge in [-0.25, -0.2) is 0 Å². The summed E-state index contributed by atoms with van der Waals surface area (Å²) < 4.78 is 4.85. The zero-order chi connectivity index (χ0) is 11.5. The number of hydrogen-bond acceptors (Lipinski definition) is 4. The second-order valence-corrected chi connectivity index (χ2v) is 4.24. The Kier molecular flexibility index (Phi) is 3.19. The zero-order valence-electron chi connectivity index (χ0n) is 9.59. The van der Waals surface area contributed by atoms with E-state index in [-0.39, 0.29) is 17.8 Å². The van der Waals surface area contributed by atoms with E-state index < -0.39 is 0 Å². The van der Waals surface area contributed by atoms with Gasteiger partial charge in [-0.1, -0.05) is 6.07 Å². The van der Waals surface area contributed by atoms with Gasteiger partial charge in [-0.15, -0.1) is 0 Å². The number of esters is 1. The van der Waals surface area contributed by atoms with Crippen LogP contribution in [0, 0.1) is 5.92 Å². The number of likely N-dealkylation sites (N-methyl/N-ethyl adjacent to an activating group) is 1. The van der Waals surface area contributed by atoms with Crippen LogP contribution in [0.4, 0.5) is 0 Å². The predicted molar refractivity (Wildman–Crippen MR) is 60.0 cm³/mol. The maximum absolute atomic E-state index is 11.7. The summed E-state index contributed by atoms with van der Waals surface area (Å²) in [6.07, 6.45) is 3.58. The first-order valence-corrected chi connectivity index (χ1v) is 5.38. The molecule has 0 bridgehead atoms. The average Bonchev–Trinajstić information content (AvgIpc) is 2.71. The molecule has 2 heterocycles. The number of pyridine rings is 1. The molecule has 0 aliphatic carbocycles. The molecule has 1 saturated heterocycles. The number of carbonyl (C=O) groups is 1. The van der Waals surface area contributed by atoms with Crippen LogP contribution in [-0.2, 0) is 9.53 Å². The number of aromatic nitrogens is 1. The molecule has 2 rings (SSSR count). The van der Waals surface area contributed by atoms with Crippen LogP contribution in [0.25, 0.3) is 0 Å². The van der Waals surface area contributed by atoms with Crippen molar-refractivity contribution in [1.82, 2.24) is 9.88 Å². The van der Waals surface area contributed by atoms with Crippen molar-refractivity contribution in [3.05, 3.63) is 30.1 Å². The Labute approximate surface area is 95.2 Å². The summed E-state index contributed by atoms with van der Waals surface area (Å²) in [7, 11) is 3.47. The molecular weight excluding hydrogens is 204 g/mol. The molecule has 1 aliphatic rings. The first-order valence-electron chi connectivity index (χ1n) is 5.38. The third-order valence-electron chi connectivity index (χ3n) is 3.12. The highest BCUT2D eigenvalue weighted by Gasteiger charge is 2.37. The molecule has 4 heteroatoms. The molecule has 16 heavy (non-hydrogen) atoms. The van der Waals surface area contributed by atoms with Crippen LogP contribution in [-0.4, -0.2) is 43.1 Å². The van der Waals surface area contributed by atoms with E-state index in [4.69, 9.17) is 4.74 Å². The van der Waals surface area contributed by atoms with Crippen molar-refractivity contribution < 1.29 is 9.53 Å². The highest BCUT2D eigenvalue weighted by molar-refractivity contribution is 5.74. The average molecular weight is 220 g/mol. The van der Waals surface area contributed by atoms with Gasteiger partial charge < -0.3 is 9.64 Å². The number of carbonyl (C=O) groups excluding carboxylic acids is 1. The van der Waals surface area contributed by atoms with Crippen LogP contribution in [0.3, 0.4) is 0 Å². The van der Waals surface area contributed by atoms with Gasteiger partial charge in [-0.2, -0.15) is 0 Å². The van der Waals surface area contributed by atoms with Crippen LogP contribution in [0.15, 0.2) is 24.5 Å². The minimum absolute atomic E-state index is 0.0702. The lowest BCUT2D eigenvalue weighted by Gasteiger charge is -2.15. The van der Waals surface area contributed by atoms with Crippen LogP contribution in [0.1, 0.15) is 11.5 Å². The van der Waals surface area contributed by atoms with Gasteiger partial charge in [-0.3, -0.25) is 9.78 Å². The molecule has 2 unspecified atom stereocenters. The monoisotopic (exact) mass is 220 g/mol. The van der Waals surface area contributed by atoms with E-state index in [0.29, 0.717) is 0 Å². The van der Waals surface area contributed by atoms with E-state index >= 15 is 0 Å². The molecule has 4 nitrogen and oxygen atoms in total. The number of ether oxygens (including phenoxy) is 1. The van der Waals surface area contributed by atoms with E-state index in [1.54, 1.807) is 6.20 Å². The normalized spacial score (nSPS) is 25.6. The summed E-state index contributed by atoms with van der Waals surface area (Å²) in [5, 5.41) is 0. The van der Waals surface area contributed by atoms with Crippen molar-refractivity contribution in [2.45, 2.75) is 5.92 Å². The van der Waals surface area contributed by atoms with Crippen LogP contribution in [0.5, 0.6) is 0 Å². The van der Waals surface area contributed by atoms with Gasteiger partial charge in [0.05, 0.1) is 13.0 Å². The quantitative estimate of drug-likeness (QED) is 0.694. The van der Waals surface area contributed by atoms with Gasteiger partial charge in [0.2, 0.25) is 0 Å². The number of methoxy groups -OCH3 is 1. The van der Waals surface area contributed by atoms with Gasteiger partial charge in [0.1, 0.15) is 0 Å². The summed E-state index contributed by atoms with van der Waals surface area (Å²) in [4.78, 5) is 17.9. The number of hydrogen-bond donors (Lipinski definition) is 0. The van der Waals surface area contributed by atoms with Crippen molar-refractivity contribution in [3.8, 4) is 0 Å².